The largest absolute Gasteiger partial charge is 0.416 e. The zero-order chi connectivity index (χ0) is 15.6. The maximum Gasteiger partial charge on any atom is 0.416 e. The first kappa shape index (κ1) is 16.3. The zero-order valence-electron chi connectivity index (χ0n) is 11.7. The molecule has 1 aromatic carbocycles. The van der Waals surface area contributed by atoms with Crippen LogP contribution in [0, 0.1) is 17.2 Å². The first-order valence-corrected chi connectivity index (χ1v) is 6.23. The van der Waals surface area contributed by atoms with Crippen LogP contribution in [-0.4, -0.2) is 12.1 Å². The first-order chi connectivity index (χ1) is 9.14. The van der Waals surface area contributed by atoms with Crippen LogP contribution in [0.25, 0.3) is 0 Å². The molecule has 0 bridgehead atoms. The van der Waals surface area contributed by atoms with Gasteiger partial charge in [0.1, 0.15) is 6.07 Å². The fraction of sp³-hybridized carbons (Fsp3) is 0.500. The average Bonchev–Trinajstić information content (AvgIpc) is 2.37. The summed E-state index contributed by atoms with van der Waals surface area (Å²) in [7, 11) is 0. The molecule has 3 N–H and O–H groups in total. The highest BCUT2D eigenvalue weighted by Crippen LogP contribution is 2.33. The van der Waals surface area contributed by atoms with Gasteiger partial charge in [0.05, 0.1) is 16.8 Å². The maximum absolute atomic E-state index is 12.6. The molecular weight excluding hydrogens is 267 g/mol. The molecule has 0 radical (unpaired) electrons. The lowest BCUT2D eigenvalue weighted by molar-refractivity contribution is -0.137. The van der Waals surface area contributed by atoms with Gasteiger partial charge in [0.2, 0.25) is 0 Å². The molecule has 1 aromatic rings. The van der Waals surface area contributed by atoms with Crippen LogP contribution in [0.5, 0.6) is 0 Å². The van der Waals surface area contributed by atoms with E-state index in [4.69, 9.17) is 11.0 Å². The summed E-state index contributed by atoms with van der Waals surface area (Å²) < 4.78 is 37.9. The van der Waals surface area contributed by atoms with Crippen molar-refractivity contribution in [2.45, 2.75) is 32.5 Å². The zero-order valence-corrected chi connectivity index (χ0v) is 11.7. The van der Waals surface area contributed by atoms with Gasteiger partial charge < -0.3 is 11.1 Å². The van der Waals surface area contributed by atoms with Gasteiger partial charge in [-0.1, -0.05) is 13.8 Å². The highest BCUT2D eigenvalue weighted by molar-refractivity contribution is 5.60. The lowest BCUT2D eigenvalue weighted by Crippen LogP contribution is -2.47. The third-order valence-electron chi connectivity index (χ3n) is 3.59. The van der Waals surface area contributed by atoms with Crippen molar-refractivity contribution in [1.82, 2.24) is 0 Å². The number of alkyl halides is 3. The SMILES string of the molecule is CC(C)C(C)(CN)Nc1ccc(C(F)(F)F)cc1C#N. The van der Waals surface area contributed by atoms with E-state index in [2.05, 4.69) is 5.32 Å². The summed E-state index contributed by atoms with van der Waals surface area (Å²) in [6, 6.07) is 4.87. The maximum atomic E-state index is 12.6. The number of hydrogen-bond acceptors (Lipinski definition) is 3. The van der Waals surface area contributed by atoms with Crippen LogP contribution in [0.4, 0.5) is 18.9 Å². The molecule has 0 aliphatic rings. The molecule has 20 heavy (non-hydrogen) atoms. The summed E-state index contributed by atoms with van der Waals surface area (Å²) in [6.45, 7) is 6.08. The number of nitrogens with one attached hydrogen (secondary N) is 1. The van der Waals surface area contributed by atoms with Crippen LogP contribution in [0.3, 0.4) is 0 Å². The molecule has 0 saturated heterocycles. The van der Waals surface area contributed by atoms with E-state index in [9.17, 15) is 13.2 Å². The fourth-order valence-electron chi connectivity index (χ4n) is 1.66. The second-order valence-corrected chi connectivity index (χ2v) is 5.27. The molecule has 0 spiro atoms. The Kier molecular flexibility index (Phi) is 4.66. The van der Waals surface area contributed by atoms with Crippen molar-refractivity contribution in [1.29, 1.82) is 5.26 Å². The topological polar surface area (TPSA) is 61.8 Å². The molecule has 0 heterocycles. The number of rotatable bonds is 4. The lowest BCUT2D eigenvalue weighted by atomic mass is 9.88. The number of nitrogens with two attached hydrogens (primary N) is 1. The predicted molar refractivity (Wildman–Crippen MR) is 72.1 cm³/mol. The van der Waals surface area contributed by atoms with E-state index >= 15 is 0 Å². The Morgan fingerprint density at radius 2 is 1.95 bits per heavy atom. The molecule has 0 aliphatic heterocycles. The Morgan fingerprint density at radius 1 is 1.35 bits per heavy atom. The van der Waals surface area contributed by atoms with Crippen molar-refractivity contribution in [2.24, 2.45) is 11.7 Å². The van der Waals surface area contributed by atoms with Gasteiger partial charge in [-0.25, -0.2) is 0 Å². The predicted octanol–water partition coefficient (Wildman–Crippen LogP) is 3.36. The normalized spacial score (nSPS) is 14.8. The highest BCUT2D eigenvalue weighted by atomic mass is 19.4. The third kappa shape index (κ3) is 3.42. The Balaban J connectivity index is 3.18. The molecule has 0 aliphatic carbocycles. The van der Waals surface area contributed by atoms with Crippen molar-refractivity contribution < 1.29 is 13.2 Å². The monoisotopic (exact) mass is 285 g/mol. The molecule has 6 heteroatoms. The van der Waals surface area contributed by atoms with Crippen LogP contribution in [-0.2, 0) is 6.18 Å². The highest BCUT2D eigenvalue weighted by Gasteiger charge is 2.32. The molecule has 1 atom stereocenters. The number of anilines is 1. The molecule has 0 saturated carbocycles. The van der Waals surface area contributed by atoms with Crippen molar-refractivity contribution in [3.63, 3.8) is 0 Å². The summed E-state index contributed by atoms with van der Waals surface area (Å²) >= 11 is 0. The van der Waals surface area contributed by atoms with E-state index < -0.39 is 17.3 Å². The van der Waals surface area contributed by atoms with Crippen LogP contribution in [0.1, 0.15) is 31.9 Å². The van der Waals surface area contributed by atoms with E-state index in [1.54, 1.807) is 6.07 Å². The summed E-state index contributed by atoms with van der Waals surface area (Å²) in [5.74, 6) is 0.154. The Bertz CT molecular complexity index is 517. The summed E-state index contributed by atoms with van der Waals surface area (Å²) in [6.07, 6.45) is -4.46. The van der Waals surface area contributed by atoms with Gasteiger partial charge in [0.15, 0.2) is 0 Å². The van der Waals surface area contributed by atoms with Crippen LogP contribution < -0.4 is 11.1 Å². The van der Waals surface area contributed by atoms with Crippen LogP contribution in [0.15, 0.2) is 18.2 Å². The van der Waals surface area contributed by atoms with Gasteiger partial charge >= 0.3 is 6.18 Å². The van der Waals surface area contributed by atoms with Gasteiger partial charge in [-0.05, 0) is 31.0 Å². The fourth-order valence-corrected chi connectivity index (χ4v) is 1.66. The van der Waals surface area contributed by atoms with Gasteiger partial charge in [-0.3, -0.25) is 0 Å². The van der Waals surface area contributed by atoms with E-state index in [1.807, 2.05) is 20.8 Å². The molecule has 0 amide bonds. The Labute approximate surface area is 116 Å². The van der Waals surface area contributed by atoms with Crippen molar-refractivity contribution in [3.8, 4) is 6.07 Å². The number of nitriles is 1. The minimum atomic E-state index is -4.46. The molecular formula is C14H18F3N3. The van der Waals surface area contributed by atoms with E-state index in [-0.39, 0.29) is 11.5 Å². The molecule has 0 fully saturated rings. The number of nitrogens with zero attached hydrogens (tertiary/aromatic N) is 1. The quantitative estimate of drug-likeness (QED) is 0.891. The van der Waals surface area contributed by atoms with Gasteiger partial charge in [0.25, 0.3) is 0 Å². The molecule has 3 nitrogen and oxygen atoms in total. The average molecular weight is 285 g/mol. The Hall–Kier alpha value is -1.74. The molecule has 0 aromatic heterocycles. The molecule has 1 rings (SSSR count). The van der Waals surface area contributed by atoms with Gasteiger partial charge in [-0.2, -0.15) is 18.4 Å². The number of halogens is 3. The molecule has 110 valence electrons. The van der Waals surface area contributed by atoms with E-state index in [0.717, 1.165) is 12.1 Å². The van der Waals surface area contributed by atoms with E-state index in [0.29, 0.717) is 12.2 Å². The van der Waals surface area contributed by atoms with Gasteiger partial charge in [0, 0.05) is 12.1 Å². The van der Waals surface area contributed by atoms with Crippen molar-refractivity contribution in [3.05, 3.63) is 29.3 Å². The van der Waals surface area contributed by atoms with Gasteiger partial charge in [-0.15, -0.1) is 0 Å². The minimum absolute atomic E-state index is 0.0415. The number of benzene rings is 1. The summed E-state index contributed by atoms with van der Waals surface area (Å²) in [5, 5.41) is 12.1. The summed E-state index contributed by atoms with van der Waals surface area (Å²) in [4.78, 5) is 0. The second kappa shape index (κ2) is 5.71. The van der Waals surface area contributed by atoms with E-state index in [1.165, 1.54) is 6.07 Å². The smallest absolute Gasteiger partial charge is 0.377 e. The van der Waals surface area contributed by atoms with Crippen molar-refractivity contribution in [2.75, 3.05) is 11.9 Å². The number of hydrogen-bond donors (Lipinski definition) is 2. The Morgan fingerprint density at radius 3 is 2.35 bits per heavy atom. The first-order valence-electron chi connectivity index (χ1n) is 6.23. The van der Waals surface area contributed by atoms with Crippen molar-refractivity contribution >= 4 is 5.69 Å². The van der Waals surface area contributed by atoms with Crippen LogP contribution >= 0.6 is 0 Å². The lowest BCUT2D eigenvalue weighted by Gasteiger charge is -2.35. The minimum Gasteiger partial charge on any atom is -0.377 e. The van der Waals surface area contributed by atoms with Crippen LogP contribution in [0.2, 0.25) is 0 Å². The summed E-state index contributed by atoms with van der Waals surface area (Å²) in [5.41, 5.74) is 4.71. The second-order valence-electron chi connectivity index (χ2n) is 5.27. The standard InChI is InChI=1S/C14H18F3N3/c1-9(2)13(3,8-19)20-12-5-4-11(14(15,16)17)6-10(12)7-18/h4-6,9,20H,8,19H2,1-3H3. The molecule has 1 unspecified atom stereocenters. The third-order valence-corrected chi connectivity index (χ3v) is 3.59.